The Kier molecular flexibility index (Phi) is 4.04. The van der Waals surface area contributed by atoms with Crippen LogP contribution in [0, 0.1) is 6.92 Å². The minimum atomic E-state index is -0.477. The van der Waals surface area contributed by atoms with Crippen molar-refractivity contribution in [1.29, 1.82) is 0 Å². The van der Waals surface area contributed by atoms with Crippen molar-refractivity contribution < 1.29 is 9.59 Å². The number of rotatable bonds is 5. The van der Waals surface area contributed by atoms with E-state index in [4.69, 9.17) is 5.73 Å². The fourth-order valence-corrected chi connectivity index (χ4v) is 3.40. The highest BCUT2D eigenvalue weighted by molar-refractivity contribution is 7.15. The molecule has 0 spiro atoms. The third-order valence-corrected chi connectivity index (χ3v) is 4.78. The molecule has 0 aliphatic carbocycles. The lowest BCUT2D eigenvalue weighted by atomic mass is 9.98. The van der Waals surface area contributed by atoms with Gasteiger partial charge in [-0.2, -0.15) is 0 Å². The summed E-state index contributed by atoms with van der Waals surface area (Å²) in [4.78, 5) is 29.0. The summed E-state index contributed by atoms with van der Waals surface area (Å²) in [7, 11) is 0. The SMILES string of the molecule is Cc1nc(C(=O)CC2CCN2)c(-c2cccc(C(N)=O)c2)s1. The standard InChI is InChI=1S/C16H17N3O2S/c1-9-19-14(13(20)8-12-5-6-18-12)15(22-9)10-3-2-4-11(7-10)16(17)21/h2-4,7,12,18H,5-6,8H2,1H3,(H2,17,21). The summed E-state index contributed by atoms with van der Waals surface area (Å²) in [5.74, 6) is -0.435. The molecule has 5 nitrogen and oxygen atoms in total. The van der Waals surface area contributed by atoms with Gasteiger partial charge in [0.1, 0.15) is 5.69 Å². The van der Waals surface area contributed by atoms with Crippen LogP contribution in [0.15, 0.2) is 24.3 Å². The molecule has 114 valence electrons. The predicted molar refractivity (Wildman–Crippen MR) is 86.2 cm³/mol. The molecule has 1 unspecified atom stereocenters. The maximum Gasteiger partial charge on any atom is 0.248 e. The van der Waals surface area contributed by atoms with Crippen molar-refractivity contribution in [3.8, 4) is 10.4 Å². The summed E-state index contributed by atoms with van der Waals surface area (Å²) >= 11 is 1.46. The van der Waals surface area contributed by atoms with Crippen molar-refractivity contribution in [2.45, 2.75) is 25.8 Å². The van der Waals surface area contributed by atoms with Crippen LogP contribution in [0.25, 0.3) is 10.4 Å². The van der Waals surface area contributed by atoms with Crippen molar-refractivity contribution in [1.82, 2.24) is 10.3 Å². The first-order valence-electron chi connectivity index (χ1n) is 7.19. The Morgan fingerprint density at radius 1 is 1.45 bits per heavy atom. The second kappa shape index (κ2) is 5.98. The van der Waals surface area contributed by atoms with E-state index in [-0.39, 0.29) is 11.8 Å². The molecule has 1 saturated heterocycles. The average molecular weight is 315 g/mol. The van der Waals surface area contributed by atoms with Gasteiger partial charge in [0.2, 0.25) is 5.91 Å². The first-order chi connectivity index (χ1) is 10.5. The second-order valence-corrected chi connectivity index (χ2v) is 6.63. The quantitative estimate of drug-likeness (QED) is 0.828. The molecule has 0 radical (unpaired) electrons. The number of carbonyl (C=O) groups is 2. The number of amides is 1. The highest BCUT2D eigenvalue weighted by atomic mass is 32.1. The van der Waals surface area contributed by atoms with Crippen molar-refractivity contribution in [2.75, 3.05) is 6.54 Å². The molecule has 3 N–H and O–H groups in total. The molecule has 6 heteroatoms. The van der Waals surface area contributed by atoms with Crippen LogP contribution >= 0.6 is 11.3 Å². The molecule has 2 heterocycles. The van der Waals surface area contributed by atoms with Gasteiger partial charge in [-0.3, -0.25) is 9.59 Å². The Balaban J connectivity index is 1.94. The summed E-state index contributed by atoms with van der Waals surface area (Å²) in [5.41, 5.74) is 7.07. The number of Topliss-reactive ketones (excluding diaryl/α,β-unsaturated/α-hetero) is 1. The maximum absolute atomic E-state index is 12.5. The Hall–Kier alpha value is -2.05. The van der Waals surface area contributed by atoms with Gasteiger partial charge in [-0.05, 0) is 37.6 Å². The van der Waals surface area contributed by atoms with Gasteiger partial charge in [0.15, 0.2) is 5.78 Å². The van der Waals surface area contributed by atoms with E-state index in [0.717, 1.165) is 28.4 Å². The van der Waals surface area contributed by atoms with E-state index in [1.54, 1.807) is 18.2 Å². The van der Waals surface area contributed by atoms with Gasteiger partial charge in [0, 0.05) is 18.0 Å². The minimum Gasteiger partial charge on any atom is -0.366 e. The number of ketones is 1. The molecule has 1 amide bonds. The molecule has 0 bridgehead atoms. The van der Waals surface area contributed by atoms with E-state index >= 15 is 0 Å². The molecular weight excluding hydrogens is 298 g/mol. The highest BCUT2D eigenvalue weighted by Gasteiger charge is 2.24. The average Bonchev–Trinajstić information content (AvgIpc) is 2.85. The van der Waals surface area contributed by atoms with Gasteiger partial charge in [-0.15, -0.1) is 11.3 Å². The number of hydrogen-bond acceptors (Lipinski definition) is 5. The van der Waals surface area contributed by atoms with E-state index in [0.29, 0.717) is 17.7 Å². The van der Waals surface area contributed by atoms with Gasteiger partial charge in [0.25, 0.3) is 0 Å². The molecule has 1 aromatic carbocycles. The predicted octanol–water partition coefficient (Wildman–Crippen LogP) is 2.15. The zero-order valence-electron chi connectivity index (χ0n) is 12.3. The number of aromatic nitrogens is 1. The van der Waals surface area contributed by atoms with Crippen molar-refractivity contribution in [3.05, 3.63) is 40.5 Å². The molecule has 1 aromatic heterocycles. The van der Waals surface area contributed by atoms with Crippen LogP contribution in [0.5, 0.6) is 0 Å². The van der Waals surface area contributed by atoms with Gasteiger partial charge >= 0.3 is 0 Å². The fraction of sp³-hybridized carbons (Fsp3) is 0.312. The van der Waals surface area contributed by atoms with Crippen LogP contribution in [0.1, 0.15) is 38.7 Å². The molecular formula is C16H17N3O2S. The number of nitrogens with two attached hydrogens (primary N) is 1. The van der Waals surface area contributed by atoms with Gasteiger partial charge in [-0.1, -0.05) is 12.1 Å². The smallest absolute Gasteiger partial charge is 0.248 e. The van der Waals surface area contributed by atoms with E-state index in [9.17, 15) is 9.59 Å². The first kappa shape index (κ1) is 14.9. The number of nitrogens with zero attached hydrogens (tertiary/aromatic N) is 1. The van der Waals surface area contributed by atoms with E-state index in [1.807, 2.05) is 13.0 Å². The number of thiazole rings is 1. The van der Waals surface area contributed by atoms with Crippen molar-refractivity contribution in [3.63, 3.8) is 0 Å². The lowest BCUT2D eigenvalue weighted by Crippen LogP contribution is -2.44. The molecule has 1 atom stereocenters. The Labute approximate surface area is 132 Å². The monoisotopic (exact) mass is 315 g/mol. The summed E-state index contributed by atoms with van der Waals surface area (Å²) in [5, 5.41) is 4.07. The number of benzene rings is 1. The van der Waals surface area contributed by atoms with E-state index < -0.39 is 5.91 Å². The molecule has 1 aliphatic rings. The lowest BCUT2D eigenvalue weighted by molar-refractivity contribution is 0.0951. The van der Waals surface area contributed by atoms with Crippen molar-refractivity contribution in [2.24, 2.45) is 5.73 Å². The Bertz CT molecular complexity index is 735. The topological polar surface area (TPSA) is 85.1 Å². The first-order valence-corrected chi connectivity index (χ1v) is 8.00. The largest absolute Gasteiger partial charge is 0.366 e. The third kappa shape index (κ3) is 2.93. The zero-order chi connectivity index (χ0) is 15.7. The zero-order valence-corrected chi connectivity index (χ0v) is 13.1. The normalized spacial score (nSPS) is 17.0. The number of hydrogen-bond donors (Lipinski definition) is 2. The minimum absolute atomic E-state index is 0.0426. The summed E-state index contributed by atoms with van der Waals surface area (Å²) in [6, 6.07) is 7.29. The molecule has 22 heavy (non-hydrogen) atoms. The van der Waals surface area contributed by atoms with Crippen LogP contribution in [-0.2, 0) is 0 Å². The summed E-state index contributed by atoms with van der Waals surface area (Å²) in [6.07, 6.45) is 1.49. The number of nitrogens with one attached hydrogen (secondary N) is 1. The number of primary amides is 1. The van der Waals surface area contributed by atoms with Crippen LogP contribution in [-0.4, -0.2) is 29.3 Å². The Morgan fingerprint density at radius 3 is 2.86 bits per heavy atom. The second-order valence-electron chi connectivity index (χ2n) is 5.42. The number of carbonyl (C=O) groups excluding carboxylic acids is 2. The maximum atomic E-state index is 12.5. The van der Waals surface area contributed by atoms with Crippen LogP contribution < -0.4 is 11.1 Å². The summed E-state index contributed by atoms with van der Waals surface area (Å²) < 4.78 is 0. The van der Waals surface area contributed by atoms with Crippen LogP contribution in [0.2, 0.25) is 0 Å². The Morgan fingerprint density at radius 2 is 2.23 bits per heavy atom. The molecule has 3 rings (SSSR count). The number of aryl methyl sites for hydroxylation is 1. The van der Waals surface area contributed by atoms with Gasteiger partial charge < -0.3 is 11.1 Å². The fourth-order valence-electron chi connectivity index (χ4n) is 2.47. The van der Waals surface area contributed by atoms with Crippen molar-refractivity contribution >= 4 is 23.0 Å². The van der Waals surface area contributed by atoms with E-state index in [1.165, 1.54) is 11.3 Å². The molecule has 0 saturated carbocycles. The summed E-state index contributed by atoms with van der Waals surface area (Å²) in [6.45, 7) is 2.85. The highest BCUT2D eigenvalue weighted by Crippen LogP contribution is 2.32. The third-order valence-electron chi connectivity index (χ3n) is 3.77. The molecule has 1 aliphatic heterocycles. The van der Waals surface area contributed by atoms with Crippen LogP contribution in [0.4, 0.5) is 0 Å². The van der Waals surface area contributed by atoms with E-state index in [2.05, 4.69) is 10.3 Å². The molecule has 2 aromatic rings. The van der Waals surface area contributed by atoms with Crippen LogP contribution in [0.3, 0.4) is 0 Å². The molecule has 1 fully saturated rings. The lowest BCUT2D eigenvalue weighted by Gasteiger charge is -2.26. The van der Waals surface area contributed by atoms with Gasteiger partial charge in [0.05, 0.1) is 9.88 Å². The van der Waals surface area contributed by atoms with Gasteiger partial charge in [-0.25, -0.2) is 4.98 Å².